The fourth-order valence-corrected chi connectivity index (χ4v) is 4.96. The first-order chi connectivity index (χ1) is 16.1. The van der Waals surface area contributed by atoms with Crippen molar-refractivity contribution in [1.29, 1.82) is 0 Å². The van der Waals surface area contributed by atoms with Gasteiger partial charge in [0.15, 0.2) is 0 Å². The number of fused-ring (bicyclic) bond motifs is 3. The average molecular weight is 447 g/mol. The van der Waals surface area contributed by atoms with Crippen LogP contribution in [0.2, 0.25) is 0 Å². The first-order valence-electron chi connectivity index (χ1n) is 12.1. The maximum atomic E-state index is 2.46. The van der Waals surface area contributed by atoms with Crippen LogP contribution >= 0.6 is 0 Å². The van der Waals surface area contributed by atoms with Crippen LogP contribution in [0, 0.1) is 0 Å². The second-order valence-corrected chi connectivity index (χ2v) is 11.2. The summed E-state index contributed by atoms with van der Waals surface area (Å²) in [7, 11) is 0. The van der Waals surface area contributed by atoms with Gasteiger partial charge in [-0.1, -0.05) is 69.3 Å². The molecule has 0 fully saturated rings. The van der Waals surface area contributed by atoms with Crippen molar-refractivity contribution in [3.05, 3.63) is 103 Å². The molecule has 0 radical (unpaired) electrons. The predicted octanol–water partition coefficient (Wildman–Crippen LogP) is 9.32. The predicted molar refractivity (Wildman–Crippen MR) is 148 cm³/mol. The SMILES string of the molecule is CC(C)(C)c1ccc(N(c2ccccc2)c2ccc3c(c2)c2ccccc2n3C(C)(C)C)cc1. The van der Waals surface area contributed by atoms with Gasteiger partial charge in [0.25, 0.3) is 0 Å². The lowest BCUT2D eigenvalue weighted by atomic mass is 9.87. The lowest BCUT2D eigenvalue weighted by Gasteiger charge is -2.27. The average Bonchev–Trinajstić information content (AvgIpc) is 3.14. The molecule has 1 aromatic heterocycles. The molecule has 1 heterocycles. The fraction of sp³-hybridized carbons (Fsp3) is 0.250. The summed E-state index contributed by atoms with van der Waals surface area (Å²) in [6, 6.07) is 35.3. The molecule has 5 rings (SSSR count). The Morgan fingerprint density at radius 3 is 1.74 bits per heavy atom. The number of hydrogen-bond acceptors (Lipinski definition) is 1. The highest BCUT2D eigenvalue weighted by atomic mass is 15.1. The summed E-state index contributed by atoms with van der Waals surface area (Å²) in [5.74, 6) is 0. The molecule has 0 amide bonds. The van der Waals surface area contributed by atoms with E-state index < -0.39 is 0 Å². The van der Waals surface area contributed by atoms with E-state index in [2.05, 4.69) is 148 Å². The van der Waals surface area contributed by atoms with E-state index in [1.165, 1.54) is 33.1 Å². The molecule has 0 saturated carbocycles. The summed E-state index contributed by atoms with van der Waals surface area (Å²) >= 11 is 0. The third-order valence-electron chi connectivity index (χ3n) is 6.59. The standard InChI is InChI=1S/C32H34N2/c1-31(2,3)23-16-18-25(19-17-23)33(24-12-8-7-9-13-24)26-20-21-30-28(22-26)27-14-10-11-15-29(27)34(30)32(4,5)6/h7-22H,1-6H3. The van der Waals surface area contributed by atoms with Gasteiger partial charge in [0, 0.05) is 44.4 Å². The van der Waals surface area contributed by atoms with Gasteiger partial charge in [-0.3, -0.25) is 0 Å². The van der Waals surface area contributed by atoms with Crippen molar-refractivity contribution < 1.29 is 0 Å². The summed E-state index contributed by atoms with van der Waals surface area (Å²) in [6.07, 6.45) is 0. The van der Waals surface area contributed by atoms with Crippen molar-refractivity contribution in [3.8, 4) is 0 Å². The van der Waals surface area contributed by atoms with E-state index in [1.807, 2.05) is 0 Å². The Morgan fingerprint density at radius 1 is 0.529 bits per heavy atom. The van der Waals surface area contributed by atoms with Crippen LogP contribution in [0.15, 0.2) is 97.1 Å². The third kappa shape index (κ3) is 3.88. The van der Waals surface area contributed by atoms with Crippen molar-refractivity contribution in [2.24, 2.45) is 0 Å². The number of rotatable bonds is 3. The maximum absolute atomic E-state index is 2.46. The van der Waals surface area contributed by atoms with Gasteiger partial charge in [-0.05, 0) is 80.3 Å². The second-order valence-electron chi connectivity index (χ2n) is 11.2. The van der Waals surface area contributed by atoms with Crippen LogP contribution in [-0.4, -0.2) is 4.57 Å². The minimum absolute atomic E-state index is 0.00915. The molecule has 0 saturated heterocycles. The summed E-state index contributed by atoms with van der Waals surface area (Å²) in [4.78, 5) is 2.36. The maximum Gasteiger partial charge on any atom is 0.0497 e. The number of para-hydroxylation sites is 2. The summed E-state index contributed by atoms with van der Waals surface area (Å²) in [6.45, 7) is 13.6. The molecule has 0 atom stereocenters. The van der Waals surface area contributed by atoms with Crippen LogP contribution in [0.25, 0.3) is 21.8 Å². The number of nitrogens with zero attached hydrogens (tertiary/aromatic N) is 2. The molecule has 0 spiro atoms. The van der Waals surface area contributed by atoms with Gasteiger partial charge in [0.1, 0.15) is 0 Å². The molecule has 2 nitrogen and oxygen atoms in total. The van der Waals surface area contributed by atoms with Crippen LogP contribution < -0.4 is 4.90 Å². The largest absolute Gasteiger partial charge is 0.335 e. The minimum atomic E-state index is -0.00915. The molecule has 0 unspecified atom stereocenters. The molecule has 0 aliphatic rings. The molecular formula is C32H34N2. The normalized spacial score (nSPS) is 12.4. The van der Waals surface area contributed by atoms with E-state index in [0.717, 1.165) is 11.4 Å². The number of hydrogen-bond donors (Lipinski definition) is 0. The van der Waals surface area contributed by atoms with Gasteiger partial charge in [-0.15, -0.1) is 0 Å². The summed E-state index contributed by atoms with van der Waals surface area (Å²) < 4.78 is 2.46. The summed E-state index contributed by atoms with van der Waals surface area (Å²) in [5, 5.41) is 2.58. The van der Waals surface area contributed by atoms with Crippen LogP contribution in [0.5, 0.6) is 0 Å². The molecule has 34 heavy (non-hydrogen) atoms. The number of benzene rings is 4. The number of anilines is 3. The Morgan fingerprint density at radius 2 is 1.09 bits per heavy atom. The molecule has 5 aromatic rings. The monoisotopic (exact) mass is 446 g/mol. The molecular weight excluding hydrogens is 412 g/mol. The highest BCUT2D eigenvalue weighted by Gasteiger charge is 2.22. The Kier molecular flexibility index (Phi) is 5.28. The highest BCUT2D eigenvalue weighted by molar-refractivity contribution is 6.09. The zero-order chi connectivity index (χ0) is 24.1. The van der Waals surface area contributed by atoms with E-state index >= 15 is 0 Å². The van der Waals surface area contributed by atoms with Crippen molar-refractivity contribution in [1.82, 2.24) is 4.57 Å². The van der Waals surface area contributed by atoms with Gasteiger partial charge in [-0.25, -0.2) is 0 Å². The molecule has 4 aromatic carbocycles. The Labute approximate surface area is 203 Å². The van der Waals surface area contributed by atoms with Crippen LogP contribution in [0.4, 0.5) is 17.1 Å². The van der Waals surface area contributed by atoms with E-state index in [9.17, 15) is 0 Å². The van der Waals surface area contributed by atoms with E-state index in [0.29, 0.717) is 0 Å². The Bertz CT molecular complexity index is 1440. The first kappa shape index (κ1) is 22.3. The van der Waals surface area contributed by atoms with Crippen molar-refractivity contribution in [3.63, 3.8) is 0 Å². The van der Waals surface area contributed by atoms with E-state index in [4.69, 9.17) is 0 Å². The van der Waals surface area contributed by atoms with Crippen LogP contribution in [0.1, 0.15) is 47.1 Å². The molecule has 0 bridgehead atoms. The zero-order valence-electron chi connectivity index (χ0n) is 21.1. The van der Waals surface area contributed by atoms with Crippen LogP contribution in [-0.2, 0) is 11.0 Å². The van der Waals surface area contributed by atoms with E-state index in [1.54, 1.807) is 0 Å². The zero-order valence-corrected chi connectivity index (χ0v) is 21.1. The number of aromatic nitrogens is 1. The molecule has 0 N–H and O–H groups in total. The smallest absolute Gasteiger partial charge is 0.0497 e. The molecule has 2 heteroatoms. The fourth-order valence-electron chi connectivity index (χ4n) is 4.96. The van der Waals surface area contributed by atoms with Gasteiger partial charge < -0.3 is 9.47 Å². The van der Waals surface area contributed by atoms with E-state index in [-0.39, 0.29) is 11.0 Å². The van der Waals surface area contributed by atoms with Crippen molar-refractivity contribution >= 4 is 38.9 Å². The van der Waals surface area contributed by atoms with Gasteiger partial charge in [0.2, 0.25) is 0 Å². The highest BCUT2D eigenvalue weighted by Crippen LogP contribution is 2.40. The molecule has 0 aliphatic carbocycles. The van der Waals surface area contributed by atoms with Crippen molar-refractivity contribution in [2.75, 3.05) is 4.90 Å². The Balaban J connectivity index is 1.73. The summed E-state index contributed by atoms with van der Waals surface area (Å²) in [5.41, 5.74) is 7.50. The second kappa shape index (κ2) is 8.06. The van der Waals surface area contributed by atoms with Crippen LogP contribution in [0.3, 0.4) is 0 Å². The third-order valence-corrected chi connectivity index (χ3v) is 6.59. The minimum Gasteiger partial charge on any atom is -0.335 e. The van der Waals surface area contributed by atoms with Gasteiger partial charge in [0.05, 0.1) is 0 Å². The van der Waals surface area contributed by atoms with Crippen molar-refractivity contribution in [2.45, 2.75) is 52.5 Å². The lowest BCUT2D eigenvalue weighted by molar-refractivity contribution is 0.423. The Hall–Kier alpha value is -3.52. The topological polar surface area (TPSA) is 8.17 Å². The molecule has 172 valence electrons. The first-order valence-corrected chi connectivity index (χ1v) is 12.1. The quantitative estimate of drug-likeness (QED) is 0.268. The van der Waals surface area contributed by atoms with Gasteiger partial charge >= 0.3 is 0 Å². The lowest BCUT2D eigenvalue weighted by Crippen LogP contribution is -2.21. The molecule has 0 aliphatic heterocycles. The van der Waals surface area contributed by atoms with Gasteiger partial charge in [-0.2, -0.15) is 0 Å².